The number of pyridine rings is 1. The third-order valence-electron chi connectivity index (χ3n) is 3.64. The highest BCUT2D eigenvalue weighted by atomic mass is 19.1. The highest BCUT2D eigenvalue weighted by Crippen LogP contribution is 2.19. The molecule has 1 unspecified atom stereocenters. The van der Waals surface area contributed by atoms with E-state index in [1.807, 2.05) is 37.6 Å². The van der Waals surface area contributed by atoms with Crippen molar-refractivity contribution in [2.24, 2.45) is 0 Å². The van der Waals surface area contributed by atoms with Crippen LogP contribution in [0.15, 0.2) is 42.7 Å². The van der Waals surface area contributed by atoms with Gasteiger partial charge in [-0.05, 0) is 61.7 Å². The highest BCUT2D eigenvalue weighted by molar-refractivity contribution is 5.29. The average Bonchev–Trinajstić information content (AvgIpc) is 2.52. The summed E-state index contributed by atoms with van der Waals surface area (Å²) in [6, 6.07) is 9.51. The van der Waals surface area contributed by atoms with E-state index in [4.69, 9.17) is 4.74 Å². The number of nitrogens with one attached hydrogen (secondary N) is 1. The molecule has 1 N–H and O–H groups in total. The summed E-state index contributed by atoms with van der Waals surface area (Å²) in [6.45, 7) is 0. The van der Waals surface area contributed by atoms with E-state index in [-0.39, 0.29) is 11.6 Å². The van der Waals surface area contributed by atoms with Crippen molar-refractivity contribution < 1.29 is 9.13 Å². The van der Waals surface area contributed by atoms with Crippen molar-refractivity contribution in [3.05, 3.63) is 59.7 Å². The van der Waals surface area contributed by atoms with Crippen LogP contribution >= 0.6 is 0 Å². The van der Waals surface area contributed by atoms with Crippen molar-refractivity contribution in [2.75, 3.05) is 14.2 Å². The fourth-order valence-electron chi connectivity index (χ4n) is 2.36. The third kappa shape index (κ3) is 4.53. The molecule has 1 atom stereocenters. The molecule has 0 saturated carbocycles. The van der Waals surface area contributed by atoms with E-state index in [2.05, 4.69) is 10.3 Å². The van der Waals surface area contributed by atoms with Gasteiger partial charge in [-0.3, -0.25) is 4.98 Å². The number of hydrogen-bond donors (Lipinski definition) is 1. The van der Waals surface area contributed by atoms with Gasteiger partial charge < -0.3 is 10.1 Å². The van der Waals surface area contributed by atoms with Crippen LogP contribution in [0.5, 0.6) is 5.75 Å². The van der Waals surface area contributed by atoms with E-state index in [1.165, 1.54) is 12.7 Å². The van der Waals surface area contributed by atoms with Crippen LogP contribution in [0.1, 0.15) is 17.5 Å². The van der Waals surface area contributed by atoms with E-state index in [9.17, 15) is 4.39 Å². The molecule has 21 heavy (non-hydrogen) atoms. The minimum atomic E-state index is -0.306. The van der Waals surface area contributed by atoms with Crippen LogP contribution in [0, 0.1) is 5.82 Å². The number of likely N-dealkylation sites (N-methyl/N-ethyl adjacent to an activating group) is 1. The lowest BCUT2D eigenvalue weighted by atomic mass is 9.99. The summed E-state index contributed by atoms with van der Waals surface area (Å²) in [5.74, 6) is -0.0180. The summed E-state index contributed by atoms with van der Waals surface area (Å²) in [7, 11) is 3.42. The monoisotopic (exact) mass is 288 g/mol. The molecule has 0 aliphatic rings. The maximum Gasteiger partial charge on any atom is 0.165 e. The molecule has 1 aromatic carbocycles. The first kappa shape index (κ1) is 15.4. The lowest BCUT2D eigenvalue weighted by molar-refractivity contribution is 0.386. The zero-order valence-electron chi connectivity index (χ0n) is 12.5. The van der Waals surface area contributed by atoms with E-state index < -0.39 is 0 Å². The van der Waals surface area contributed by atoms with Crippen LogP contribution in [0.25, 0.3) is 0 Å². The van der Waals surface area contributed by atoms with Crippen LogP contribution in [0.2, 0.25) is 0 Å². The molecule has 0 aliphatic carbocycles. The van der Waals surface area contributed by atoms with E-state index in [0.717, 1.165) is 24.8 Å². The van der Waals surface area contributed by atoms with Gasteiger partial charge in [-0.15, -0.1) is 0 Å². The largest absolute Gasteiger partial charge is 0.494 e. The minimum absolute atomic E-state index is 0.288. The van der Waals surface area contributed by atoms with Crippen LogP contribution in [0.3, 0.4) is 0 Å². The molecular weight excluding hydrogens is 267 g/mol. The molecule has 0 radical (unpaired) electrons. The summed E-state index contributed by atoms with van der Waals surface area (Å²) in [5, 5.41) is 3.30. The Balaban J connectivity index is 1.94. The molecule has 0 bridgehead atoms. The predicted octanol–water partition coefficient (Wildman–Crippen LogP) is 2.99. The van der Waals surface area contributed by atoms with Crippen molar-refractivity contribution in [3.63, 3.8) is 0 Å². The first-order valence-corrected chi connectivity index (χ1v) is 7.11. The van der Waals surface area contributed by atoms with Gasteiger partial charge in [-0.25, -0.2) is 4.39 Å². The highest BCUT2D eigenvalue weighted by Gasteiger charge is 2.10. The van der Waals surface area contributed by atoms with Gasteiger partial charge in [0.15, 0.2) is 11.6 Å². The number of aromatic nitrogens is 1. The van der Waals surface area contributed by atoms with Crippen molar-refractivity contribution in [1.29, 1.82) is 0 Å². The second-order valence-electron chi connectivity index (χ2n) is 5.05. The maximum absolute atomic E-state index is 13.7. The average molecular weight is 288 g/mol. The van der Waals surface area contributed by atoms with Crippen molar-refractivity contribution >= 4 is 0 Å². The summed E-state index contributed by atoms with van der Waals surface area (Å²) < 4.78 is 18.6. The van der Waals surface area contributed by atoms with Crippen molar-refractivity contribution in [2.45, 2.75) is 25.3 Å². The second kappa shape index (κ2) is 7.74. The number of methoxy groups -OCH3 is 1. The van der Waals surface area contributed by atoms with Gasteiger partial charge in [-0.2, -0.15) is 0 Å². The minimum Gasteiger partial charge on any atom is -0.494 e. The Morgan fingerprint density at radius 3 is 2.57 bits per heavy atom. The van der Waals surface area contributed by atoms with Gasteiger partial charge in [0.05, 0.1) is 7.11 Å². The Morgan fingerprint density at radius 2 is 1.95 bits per heavy atom. The Hall–Kier alpha value is -1.94. The topological polar surface area (TPSA) is 34.2 Å². The summed E-state index contributed by atoms with van der Waals surface area (Å²) >= 11 is 0. The number of nitrogens with zero attached hydrogens (tertiary/aromatic N) is 1. The second-order valence-corrected chi connectivity index (χ2v) is 5.05. The summed E-state index contributed by atoms with van der Waals surface area (Å²) in [5.41, 5.74) is 2.24. The van der Waals surface area contributed by atoms with E-state index in [1.54, 1.807) is 12.1 Å². The lowest BCUT2D eigenvalue weighted by Gasteiger charge is -2.16. The number of hydrogen-bond acceptors (Lipinski definition) is 3. The molecular formula is C17H21FN2O. The zero-order chi connectivity index (χ0) is 15.1. The normalized spacial score (nSPS) is 12.1. The molecule has 2 rings (SSSR count). The van der Waals surface area contributed by atoms with Gasteiger partial charge in [0.2, 0.25) is 0 Å². The van der Waals surface area contributed by atoms with Gasteiger partial charge >= 0.3 is 0 Å². The Labute approximate surface area is 125 Å². The quantitative estimate of drug-likeness (QED) is 0.850. The molecule has 0 saturated heterocycles. The van der Waals surface area contributed by atoms with E-state index >= 15 is 0 Å². The van der Waals surface area contributed by atoms with Gasteiger partial charge in [0.1, 0.15) is 0 Å². The maximum atomic E-state index is 13.7. The summed E-state index contributed by atoms with van der Waals surface area (Å²) in [4.78, 5) is 4.02. The van der Waals surface area contributed by atoms with Crippen molar-refractivity contribution in [1.82, 2.24) is 10.3 Å². The molecule has 4 heteroatoms. The molecule has 1 aromatic heterocycles. The van der Waals surface area contributed by atoms with Crippen LogP contribution in [-0.4, -0.2) is 25.2 Å². The molecule has 112 valence electrons. The van der Waals surface area contributed by atoms with Gasteiger partial charge in [0.25, 0.3) is 0 Å². The number of ether oxygens (including phenoxy) is 1. The fraction of sp³-hybridized carbons (Fsp3) is 0.353. The predicted molar refractivity (Wildman–Crippen MR) is 82.1 cm³/mol. The van der Waals surface area contributed by atoms with Crippen molar-refractivity contribution in [3.8, 4) is 5.75 Å². The molecule has 0 aliphatic heterocycles. The fourth-order valence-corrected chi connectivity index (χ4v) is 2.36. The summed E-state index contributed by atoms with van der Waals surface area (Å²) in [6.07, 6.45) is 6.38. The molecule has 0 fully saturated rings. The van der Waals surface area contributed by atoms with Crippen LogP contribution in [-0.2, 0) is 12.8 Å². The SMILES string of the molecule is CNC(CCc1ccncc1)Cc1ccc(OC)c(F)c1. The molecule has 2 aromatic rings. The van der Waals surface area contributed by atoms with Crippen LogP contribution in [0.4, 0.5) is 4.39 Å². The van der Waals surface area contributed by atoms with Gasteiger partial charge in [-0.1, -0.05) is 6.07 Å². The number of aryl methyl sites for hydroxylation is 1. The van der Waals surface area contributed by atoms with E-state index in [0.29, 0.717) is 6.04 Å². The smallest absolute Gasteiger partial charge is 0.165 e. The molecule has 0 spiro atoms. The first-order chi connectivity index (χ1) is 10.2. The zero-order valence-corrected chi connectivity index (χ0v) is 12.5. The Kier molecular flexibility index (Phi) is 5.69. The Morgan fingerprint density at radius 1 is 1.19 bits per heavy atom. The number of rotatable bonds is 7. The number of halogens is 1. The lowest BCUT2D eigenvalue weighted by Crippen LogP contribution is -2.28. The van der Waals surface area contributed by atoms with Crippen LogP contribution < -0.4 is 10.1 Å². The molecule has 3 nitrogen and oxygen atoms in total. The molecule has 1 heterocycles. The third-order valence-corrected chi connectivity index (χ3v) is 3.64. The Bertz CT molecular complexity index is 560. The molecule has 0 amide bonds. The number of benzene rings is 1. The van der Waals surface area contributed by atoms with Gasteiger partial charge in [0, 0.05) is 18.4 Å². The standard InChI is InChI=1S/C17H21FN2O/c1-19-15(5-3-13-7-9-20-10-8-13)11-14-4-6-17(21-2)16(18)12-14/h4,6-10,12,15,19H,3,5,11H2,1-2H3. The first-order valence-electron chi connectivity index (χ1n) is 7.11.